The Balaban J connectivity index is 1.26. The minimum atomic E-state index is 0.293. The van der Waals surface area contributed by atoms with Gasteiger partial charge in [0.25, 0.3) is 0 Å². The van der Waals surface area contributed by atoms with Crippen LogP contribution in [0.25, 0.3) is 67.1 Å². The van der Waals surface area contributed by atoms with Gasteiger partial charge in [-0.05, 0) is 75.5 Å². The highest BCUT2D eigenvalue weighted by Crippen LogP contribution is 2.54. The van der Waals surface area contributed by atoms with E-state index in [0.717, 1.165) is 0 Å². The summed E-state index contributed by atoms with van der Waals surface area (Å²) in [6.07, 6.45) is 5.09. The molecule has 230 valence electrons. The number of aromatic nitrogens is 2. The molecule has 0 fully saturated rings. The SMILES string of the molecule is C1=c2ccccc2=CC2C1c1cc3c(cc1C2c1ccccc1)c1ccccc1n3-c1cccc2c3ccccc3n(-c3ccccc3)c12. The Kier molecular flexibility index (Phi) is 5.59. The molecule has 0 radical (unpaired) electrons. The quantitative estimate of drug-likeness (QED) is 0.185. The number of hydrogen-bond donors (Lipinski definition) is 0. The van der Waals surface area contributed by atoms with Gasteiger partial charge in [-0.3, -0.25) is 0 Å². The van der Waals surface area contributed by atoms with Crippen molar-refractivity contribution in [2.45, 2.75) is 11.8 Å². The lowest BCUT2D eigenvalue weighted by atomic mass is 9.79. The maximum absolute atomic E-state index is 2.55. The number of fused-ring (bicyclic) bond motifs is 10. The average molecular weight is 625 g/mol. The molecule has 2 aliphatic carbocycles. The lowest BCUT2D eigenvalue weighted by Crippen LogP contribution is -2.31. The fourth-order valence-electron chi connectivity index (χ4n) is 9.19. The molecule has 0 saturated carbocycles. The van der Waals surface area contributed by atoms with Crippen LogP contribution >= 0.6 is 0 Å². The van der Waals surface area contributed by atoms with Crippen molar-refractivity contribution in [3.8, 4) is 11.4 Å². The van der Waals surface area contributed by atoms with E-state index in [0.29, 0.717) is 17.8 Å². The van der Waals surface area contributed by atoms with Crippen LogP contribution in [0.1, 0.15) is 28.5 Å². The first-order valence-electron chi connectivity index (χ1n) is 17.3. The highest BCUT2D eigenvalue weighted by Gasteiger charge is 2.41. The van der Waals surface area contributed by atoms with Crippen molar-refractivity contribution < 1.29 is 0 Å². The van der Waals surface area contributed by atoms with Crippen LogP contribution in [0.4, 0.5) is 0 Å². The molecule has 11 rings (SSSR count). The predicted octanol–water partition coefficient (Wildman–Crippen LogP) is 10.0. The predicted molar refractivity (Wildman–Crippen MR) is 204 cm³/mol. The first-order chi connectivity index (χ1) is 24.3. The van der Waals surface area contributed by atoms with Gasteiger partial charge in [-0.2, -0.15) is 0 Å². The lowest BCUT2D eigenvalue weighted by molar-refractivity contribution is 0.614. The molecule has 3 unspecified atom stereocenters. The molecule has 7 aromatic carbocycles. The highest BCUT2D eigenvalue weighted by molar-refractivity contribution is 6.15. The monoisotopic (exact) mass is 624 g/mol. The zero-order valence-electron chi connectivity index (χ0n) is 26.9. The van der Waals surface area contributed by atoms with Crippen molar-refractivity contribution in [1.29, 1.82) is 0 Å². The normalized spacial score (nSPS) is 17.9. The third-order valence-corrected chi connectivity index (χ3v) is 11.2. The van der Waals surface area contributed by atoms with Crippen molar-refractivity contribution >= 4 is 55.8 Å². The van der Waals surface area contributed by atoms with E-state index >= 15 is 0 Å². The van der Waals surface area contributed by atoms with Crippen molar-refractivity contribution in [3.05, 3.63) is 191 Å². The molecule has 0 amide bonds. The van der Waals surface area contributed by atoms with Crippen LogP contribution in [0, 0.1) is 5.92 Å². The van der Waals surface area contributed by atoms with Crippen LogP contribution in [0.5, 0.6) is 0 Å². The summed E-state index contributed by atoms with van der Waals surface area (Å²) in [4.78, 5) is 0. The molecule has 2 aliphatic rings. The molecule has 9 aromatic rings. The Morgan fingerprint density at radius 2 is 1.02 bits per heavy atom. The molecule has 3 atom stereocenters. The summed E-state index contributed by atoms with van der Waals surface area (Å²) in [5, 5.41) is 7.81. The third-order valence-electron chi connectivity index (χ3n) is 11.2. The topological polar surface area (TPSA) is 9.86 Å². The third kappa shape index (κ3) is 3.77. The molecular formula is C47H32N2. The van der Waals surface area contributed by atoms with E-state index in [2.05, 4.69) is 185 Å². The van der Waals surface area contributed by atoms with Crippen LogP contribution in [0.15, 0.2) is 164 Å². The summed E-state index contributed by atoms with van der Waals surface area (Å²) in [5.41, 5.74) is 11.6. The second-order valence-electron chi connectivity index (χ2n) is 13.7. The minimum absolute atomic E-state index is 0.293. The van der Waals surface area contributed by atoms with Crippen molar-refractivity contribution in [2.24, 2.45) is 5.92 Å². The van der Waals surface area contributed by atoms with Gasteiger partial charge in [-0.15, -0.1) is 0 Å². The van der Waals surface area contributed by atoms with Gasteiger partial charge in [0.05, 0.1) is 27.8 Å². The molecule has 2 nitrogen and oxygen atoms in total. The molecule has 49 heavy (non-hydrogen) atoms. The Morgan fingerprint density at radius 1 is 0.408 bits per heavy atom. The summed E-state index contributed by atoms with van der Waals surface area (Å²) < 4.78 is 4.99. The second-order valence-corrected chi connectivity index (χ2v) is 13.7. The van der Waals surface area contributed by atoms with Crippen molar-refractivity contribution in [3.63, 3.8) is 0 Å². The zero-order chi connectivity index (χ0) is 32.1. The molecule has 2 heterocycles. The van der Waals surface area contributed by atoms with Gasteiger partial charge in [-0.25, -0.2) is 0 Å². The molecular weight excluding hydrogens is 593 g/mol. The number of nitrogens with zero attached hydrogens (tertiary/aromatic N) is 2. The number of hydrogen-bond acceptors (Lipinski definition) is 0. The van der Waals surface area contributed by atoms with E-state index in [1.165, 1.54) is 82.1 Å². The summed E-state index contributed by atoms with van der Waals surface area (Å²) in [6.45, 7) is 0. The molecule has 0 aliphatic heterocycles. The smallest absolute Gasteiger partial charge is 0.0782 e. The standard InChI is InChI=1S/C47H32N2/c1-3-14-30(15-4-1)46-40-27-32-17-8-7-16-31(32)26-37(40)38-29-45-39(28-41(38)46)35-21-10-12-24-43(35)49(45)44-25-13-22-36-34-20-9-11-23-42(34)48(47(36)44)33-18-5-2-6-19-33/h1-29,37,40,46H. The van der Waals surface area contributed by atoms with Gasteiger partial charge in [0.1, 0.15) is 0 Å². The fraction of sp³-hybridized carbons (Fsp3) is 0.0638. The summed E-state index contributed by atoms with van der Waals surface area (Å²) in [5.74, 6) is 0.960. The zero-order valence-corrected chi connectivity index (χ0v) is 26.9. The largest absolute Gasteiger partial charge is 0.307 e. The highest BCUT2D eigenvalue weighted by atomic mass is 15.1. The first kappa shape index (κ1) is 26.9. The Bertz CT molecular complexity index is 2890. The van der Waals surface area contributed by atoms with Crippen molar-refractivity contribution in [2.75, 3.05) is 0 Å². The van der Waals surface area contributed by atoms with Gasteiger partial charge in [-0.1, -0.05) is 133 Å². The summed E-state index contributed by atoms with van der Waals surface area (Å²) in [7, 11) is 0. The first-order valence-corrected chi connectivity index (χ1v) is 17.3. The Hall–Kier alpha value is -6.12. The van der Waals surface area contributed by atoms with Crippen LogP contribution in [-0.4, -0.2) is 9.13 Å². The van der Waals surface area contributed by atoms with E-state index < -0.39 is 0 Å². The van der Waals surface area contributed by atoms with Gasteiger partial charge in [0, 0.05) is 39.1 Å². The van der Waals surface area contributed by atoms with Gasteiger partial charge in [0.15, 0.2) is 0 Å². The van der Waals surface area contributed by atoms with E-state index in [1.807, 2.05) is 0 Å². The molecule has 0 bridgehead atoms. The van der Waals surface area contributed by atoms with Crippen LogP contribution < -0.4 is 10.4 Å². The summed E-state index contributed by atoms with van der Waals surface area (Å²) in [6, 6.07) is 60.6. The van der Waals surface area contributed by atoms with Crippen LogP contribution in [-0.2, 0) is 0 Å². The Labute approximate surface area is 284 Å². The maximum atomic E-state index is 2.55. The van der Waals surface area contributed by atoms with Crippen LogP contribution in [0.3, 0.4) is 0 Å². The molecule has 0 saturated heterocycles. The van der Waals surface area contributed by atoms with Gasteiger partial charge >= 0.3 is 0 Å². The Morgan fingerprint density at radius 3 is 1.80 bits per heavy atom. The minimum Gasteiger partial charge on any atom is -0.307 e. The number of benzene rings is 7. The molecule has 0 N–H and O–H groups in total. The van der Waals surface area contributed by atoms with Gasteiger partial charge < -0.3 is 9.13 Å². The number of rotatable bonds is 3. The molecule has 2 heteroatoms. The molecule has 0 spiro atoms. The average Bonchev–Trinajstić information content (AvgIpc) is 3.79. The summed E-state index contributed by atoms with van der Waals surface area (Å²) >= 11 is 0. The van der Waals surface area contributed by atoms with Crippen molar-refractivity contribution in [1.82, 2.24) is 9.13 Å². The molecule has 2 aromatic heterocycles. The van der Waals surface area contributed by atoms with Gasteiger partial charge in [0.2, 0.25) is 0 Å². The number of para-hydroxylation sites is 4. The van der Waals surface area contributed by atoms with E-state index in [9.17, 15) is 0 Å². The lowest BCUT2D eigenvalue weighted by Gasteiger charge is -2.23. The van der Waals surface area contributed by atoms with E-state index in [-0.39, 0.29) is 0 Å². The second kappa shape index (κ2) is 10.2. The van der Waals surface area contributed by atoms with Crippen LogP contribution in [0.2, 0.25) is 0 Å². The van der Waals surface area contributed by atoms with E-state index in [1.54, 1.807) is 0 Å². The maximum Gasteiger partial charge on any atom is 0.0782 e. The van der Waals surface area contributed by atoms with E-state index in [4.69, 9.17) is 0 Å². The fourth-order valence-corrected chi connectivity index (χ4v) is 9.19.